The molecule has 0 spiro atoms. The predicted molar refractivity (Wildman–Crippen MR) is 65.5 cm³/mol. The molecule has 2 rings (SSSR count). The molecule has 3 nitrogen and oxygen atoms in total. The Balaban J connectivity index is 2.24. The molecule has 1 N–H and O–H groups in total. The van der Waals surface area contributed by atoms with E-state index in [0.29, 0.717) is 18.3 Å². The molecule has 96 valence electrons. The van der Waals surface area contributed by atoms with Crippen molar-refractivity contribution in [2.75, 3.05) is 13.7 Å². The zero-order chi connectivity index (χ0) is 12.6. The van der Waals surface area contributed by atoms with Gasteiger partial charge in [-0.2, -0.15) is 0 Å². The van der Waals surface area contributed by atoms with E-state index in [4.69, 9.17) is 4.74 Å². The molecule has 0 heterocycles. The van der Waals surface area contributed by atoms with E-state index < -0.39 is 0 Å². The molecule has 3 heteroatoms. The Kier molecular flexibility index (Phi) is 3.41. The van der Waals surface area contributed by atoms with Gasteiger partial charge in [-0.15, -0.1) is 0 Å². The van der Waals surface area contributed by atoms with Gasteiger partial charge >= 0.3 is 0 Å². The first kappa shape index (κ1) is 12.8. The minimum atomic E-state index is 0.0118. The summed E-state index contributed by atoms with van der Waals surface area (Å²) in [5.41, 5.74) is 1.19. The second-order valence-electron chi connectivity index (χ2n) is 5.66. The summed E-state index contributed by atoms with van der Waals surface area (Å²) in [6.45, 7) is 6.64. The van der Waals surface area contributed by atoms with Crippen LogP contribution < -0.4 is 0 Å². The average Bonchev–Trinajstić information content (AvgIpc) is 2.80. The summed E-state index contributed by atoms with van der Waals surface area (Å²) in [6.07, 6.45) is 3.59. The van der Waals surface area contributed by atoms with Crippen molar-refractivity contribution in [1.82, 2.24) is 0 Å². The Morgan fingerprint density at radius 3 is 2.88 bits per heavy atom. The summed E-state index contributed by atoms with van der Waals surface area (Å²) < 4.78 is 5.62. The standard InChI is InChI=1S/C14H22O3/c1-9-12-10(8-16)7-11(13(12)17-3)14(9,2)5-4-6-15/h6,10-13,16H,1,4-5,7-8H2,2-3H3/t10-,11-,12+,13-,14-/m1/s1. The van der Waals surface area contributed by atoms with Gasteiger partial charge in [0.15, 0.2) is 0 Å². The second-order valence-corrected chi connectivity index (χ2v) is 5.66. The summed E-state index contributed by atoms with van der Waals surface area (Å²) in [7, 11) is 1.74. The number of carbonyl (C=O) groups excluding carboxylic acids is 1. The van der Waals surface area contributed by atoms with Crippen LogP contribution in [-0.2, 0) is 9.53 Å². The maximum Gasteiger partial charge on any atom is 0.120 e. The molecule has 0 aliphatic heterocycles. The van der Waals surface area contributed by atoms with Crippen LogP contribution in [0.3, 0.4) is 0 Å². The molecule has 0 unspecified atom stereocenters. The van der Waals surface area contributed by atoms with E-state index in [2.05, 4.69) is 13.5 Å². The normalized spacial score (nSPS) is 44.3. The van der Waals surface area contributed by atoms with Crippen molar-refractivity contribution in [2.45, 2.75) is 32.3 Å². The highest BCUT2D eigenvalue weighted by atomic mass is 16.5. The molecule has 0 aromatic rings. The van der Waals surface area contributed by atoms with E-state index in [9.17, 15) is 9.90 Å². The number of carbonyl (C=O) groups is 1. The lowest BCUT2D eigenvalue weighted by Gasteiger charge is -2.38. The zero-order valence-corrected chi connectivity index (χ0v) is 10.7. The van der Waals surface area contributed by atoms with E-state index in [-0.39, 0.29) is 24.0 Å². The lowest BCUT2D eigenvalue weighted by Crippen LogP contribution is -2.31. The Morgan fingerprint density at radius 2 is 2.35 bits per heavy atom. The zero-order valence-electron chi connectivity index (χ0n) is 10.7. The van der Waals surface area contributed by atoms with Crippen LogP contribution in [0, 0.1) is 23.2 Å². The van der Waals surface area contributed by atoms with Crippen LogP contribution in [0.15, 0.2) is 12.2 Å². The van der Waals surface area contributed by atoms with E-state index in [0.717, 1.165) is 19.1 Å². The number of hydrogen-bond donors (Lipinski definition) is 1. The third-order valence-corrected chi connectivity index (χ3v) is 5.06. The van der Waals surface area contributed by atoms with E-state index in [1.54, 1.807) is 7.11 Å². The smallest absolute Gasteiger partial charge is 0.120 e. The Bertz CT molecular complexity index is 325. The third-order valence-electron chi connectivity index (χ3n) is 5.06. The highest BCUT2D eigenvalue weighted by molar-refractivity contribution is 5.50. The SMILES string of the molecule is C=C1[C@H]2[C@@H](CO)C[C@H]([C@H]2OC)[C@]1(C)CCC=O. The van der Waals surface area contributed by atoms with Crippen LogP contribution in [0.25, 0.3) is 0 Å². The van der Waals surface area contributed by atoms with Crippen molar-refractivity contribution in [3.05, 3.63) is 12.2 Å². The first-order valence-corrected chi connectivity index (χ1v) is 6.36. The lowest BCUT2D eigenvalue weighted by molar-refractivity contribution is -0.108. The summed E-state index contributed by atoms with van der Waals surface area (Å²) >= 11 is 0. The molecule has 17 heavy (non-hydrogen) atoms. The largest absolute Gasteiger partial charge is 0.396 e. The molecule has 5 atom stereocenters. The number of aldehydes is 1. The van der Waals surface area contributed by atoms with Crippen LogP contribution in [0.4, 0.5) is 0 Å². The summed E-state index contributed by atoms with van der Waals surface area (Å²) in [5.74, 6) is 0.968. The van der Waals surface area contributed by atoms with Gasteiger partial charge in [-0.1, -0.05) is 19.1 Å². The quantitative estimate of drug-likeness (QED) is 0.587. The fourth-order valence-electron chi connectivity index (χ4n) is 4.05. The number of fused-ring (bicyclic) bond motifs is 2. The van der Waals surface area contributed by atoms with Crippen molar-refractivity contribution in [3.8, 4) is 0 Å². The van der Waals surface area contributed by atoms with Gasteiger partial charge in [0.1, 0.15) is 6.29 Å². The van der Waals surface area contributed by atoms with Crippen LogP contribution in [0.2, 0.25) is 0 Å². The average molecular weight is 238 g/mol. The van der Waals surface area contributed by atoms with Crippen LogP contribution in [0.5, 0.6) is 0 Å². The number of rotatable bonds is 5. The maximum absolute atomic E-state index is 10.6. The number of aliphatic hydroxyl groups is 1. The fraction of sp³-hybridized carbons (Fsp3) is 0.786. The van der Waals surface area contributed by atoms with Crippen molar-refractivity contribution < 1.29 is 14.6 Å². The summed E-state index contributed by atoms with van der Waals surface area (Å²) in [6, 6.07) is 0. The predicted octanol–water partition coefficient (Wildman–Crippen LogP) is 1.80. The highest BCUT2D eigenvalue weighted by Gasteiger charge is 2.60. The van der Waals surface area contributed by atoms with Gasteiger partial charge in [-0.3, -0.25) is 0 Å². The van der Waals surface area contributed by atoms with Gasteiger partial charge in [-0.05, 0) is 30.1 Å². The van der Waals surface area contributed by atoms with Crippen molar-refractivity contribution in [3.63, 3.8) is 0 Å². The molecule has 0 saturated heterocycles. The maximum atomic E-state index is 10.6. The third kappa shape index (κ3) is 1.67. The first-order chi connectivity index (χ1) is 8.10. The first-order valence-electron chi connectivity index (χ1n) is 6.36. The van der Waals surface area contributed by atoms with Crippen molar-refractivity contribution >= 4 is 6.29 Å². The topological polar surface area (TPSA) is 46.5 Å². The number of ether oxygens (including phenoxy) is 1. The molecule has 2 saturated carbocycles. The van der Waals surface area contributed by atoms with Crippen molar-refractivity contribution in [1.29, 1.82) is 0 Å². The minimum absolute atomic E-state index is 0.0118. The molecule has 0 amide bonds. The van der Waals surface area contributed by atoms with E-state index >= 15 is 0 Å². The van der Waals surface area contributed by atoms with Crippen LogP contribution >= 0.6 is 0 Å². The molecule has 0 aromatic heterocycles. The van der Waals surface area contributed by atoms with Crippen molar-refractivity contribution in [2.24, 2.45) is 23.2 Å². The van der Waals surface area contributed by atoms with Crippen LogP contribution in [0.1, 0.15) is 26.2 Å². The number of aliphatic hydroxyl groups excluding tert-OH is 1. The summed E-state index contributed by atoms with van der Waals surface area (Å²) in [5, 5.41) is 9.41. The highest BCUT2D eigenvalue weighted by Crippen LogP contribution is 2.63. The molecule has 2 aliphatic carbocycles. The van der Waals surface area contributed by atoms with E-state index in [1.807, 2.05) is 0 Å². The Morgan fingerprint density at radius 1 is 1.65 bits per heavy atom. The number of methoxy groups -OCH3 is 1. The molecule has 2 fully saturated rings. The van der Waals surface area contributed by atoms with E-state index in [1.165, 1.54) is 5.57 Å². The Labute approximate surface area is 103 Å². The van der Waals surface area contributed by atoms with Gasteiger partial charge in [0.25, 0.3) is 0 Å². The lowest BCUT2D eigenvalue weighted by atomic mass is 9.66. The molecule has 2 aliphatic rings. The minimum Gasteiger partial charge on any atom is -0.396 e. The molecule has 2 bridgehead atoms. The second kappa shape index (κ2) is 4.54. The number of hydrogen-bond acceptors (Lipinski definition) is 3. The van der Waals surface area contributed by atoms with Gasteiger partial charge in [-0.25, -0.2) is 0 Å². The van der Waals surface area contributed by atoms with Gasteiger partial charge in [0, 0.05) is 26.1 Å². The monoisotopic (exact) mass is 238 g/mol. The molecule has 0 radical (unpaired) electrons. The fourth-order valence-corrected chi connectivity index (χ4v) is 4.05. The molecular formula is C14H22O3. The van der Waals surface area contributed by atoms with Gasteiger partial charge < -0.3 is 14.6 Å². The van der Waals surface area contributed by atoms with Gasteiger partial charge in [0.05, 0.1) is 6.10 Å². The van der Waals surface area contributed by atoms with Gasteiger partial charge in [0.2, 0.25) is 0 Å². The Hall–Kier alpha value is -0.670. The summed E-state index contributed by atoms with van der Waals surface area (Å²) in [4.78, 5) is 10.6. The molecular weight excluding hydrogens is 216 g/mol. The molecule has 0 aromatic carbocycles. The van der Waals surface area contributed by atoms with Crippen LogP contribution in [-0.4, -0.2) is 31.2 Å².